The quantitative estimate of drug-likeness (QED) is 0.596. The van der Waals surface area contributed by atoms with Crippen LogP contribution >= 0.6 is 0 Å². The Morgan fingerprint density at radius 1 is 1.21 bits per heavy atom. The van der Waals surface area contributed by atoms with Gasteiger partial charge in [0.25, 0.3) is 0 Å². The van der Waals surface area contributed by atoms with Crippen LogP contribution in [0.15, 0.2) is 0 Å². The number of nitrogens with one attached hydrogen (secondary N) is 3. The van der Waals surface area contributed by atoms with Gasteiger partial charge < -0.3 is 16.0 Å². The molecule has 5 nitrogen and oxygen atoms in total. The summed E-state index contributed by atoms with van der Waals surface area (Å²) in [5.74, 6) is -0.897. The molecule has 82 valence electrons. The first kappa shape index (κ1) is 12.5. The van der Waals surface area contributed by atoms with E-state index >= 15 is 0 Å². The summed E-state index contributed by atoms with van der Waals surface area (Å²) in [7, 11) is 1.32. The maximum atomic E-state index is 11.6. The zero-order valence-electron chi connectivity index (χ0n) is 7.36. The summed E-state index contributed by atoms with van der Waals surface area (Å²) >= 11 is 0. The van der Waals surface area contributed by atoms with E-state index < -0.39 is 31.2 Å². The molecule has 0 rings (SSSR count). The molecular formula is C6H10F3N3O2. The predicted molar refractivity (Wildman–Crippen MR) is 41.5 cm³/mol. The lowest BCUT2D eigenvalue weighted by Crippen LogP contribution is -2.43. The van der Waals surface area contributed by atoms with Gasteiger partial charge in [-0.15, -0.1) is 0 Å². The molecular weight excluding hydrogens is 203 g/mol. The Morgan fingerprint density at radius 2 is 1.79 bits per heavy atom. The second-order valence-corrected chi connectivity index (χ2v) is 2.32. The number of amides is 3. The molecule has 0 bridgehead atoms. The minimum Gasteiger partial charge on any atom is -0.345 e. The van der Waals surface area contributed by atoms with Crippen LogP contribution in [0.1, 0.15) is 0 Å². The molecule has 0 aliphatic heterocycles. The molecule has 0 unspecified atom stereocenters. The summed E-state index contributed by atoms with van der Waals surface area (Å²) in [6.45, 7) is -1.89. The van der Waals surface area contributed by atoms with Crippen molar-refractivity contribution in [2.24, 2.45) is 0 Å². The first-order valence-electron chi connectivity index (χ1n) is 3.64. The summed E-state index contributed by atoms with van der Waals surface area (Å²) in [4.78, 5) is 21.1. The van der Waals surface area contributed by atoms with E-state index in [1.807, 2.05) is 5.32 Å². The van der Waals surface area contributed by atoms with Gasteiger partial charge in [-0.2, -0.15) is 13.2 Å². The second-order valence-electron chi connectivity index (χ2n) is 2.32. The Balaban J connectivity index is 3.62. The lowest BCUT2D eigenvalue weighted by atomic mass is 10.5. The fraction of sp³-hybridized carbons (Fsp3) is 0.667. The van der Waals surface area contributed by atoms with Crippen LogP contribution in [0.5, 0.6) is 0 Å². The van der Waals surface area contributed by atoms with E-state index in [0.717, 1.165) is 0 Å². The van der Waals surface area contributed by atoms with E-state index in [4.69, 9.17) is 0 Å². The fourth-order valence-corrected chi connectivity index (χ4v) is 0.510. The zero-order chi connectivity index (χ0) is 11.2. The van der Waals surface area contributed by atoms with Crippen molar-refractivity contribution in [2.45, 2.75) is 6.18 Å². The average molecular weight is 213 g/mol. The van der Waals surface area contributed by atoms with Gasteiger partial charge in [0.15, 0.2) is 0 Å². The third-order valence-corrected chi connectivity index (χ3v) is 1.12. The minimum atomic E-state index is -4.44. The normalized spacial score (nSPS) is 10.6. The molecule has 0 saturated carbocycles. The highest BCUT2D eigenvalue weighted by atomic mass is 19.4. The summed E-state index contributed by atoms with van der Waals surface area (Å²) in [5, 5.41) is 5.77. The van der Waals surface area contributed by atoms with E-state index in [1.165, 1.54) is 7.05 Å². The molecule has 0 aromatic rings. The van der Waals surface area contributed by atoms with Crippen molar-refractivity contribution in [3.63, 3.8) is 0 Å². The van der Waals surface area contributed by atoms with Crippen molar-refractivity contribution in [1.29, 1.82) is 0 Å². The topological polar surface area (TPSA) is 70.2 Å². The van der Waals surface area contributed by atoms with Crippen molar-refractivity contribution in [1.82, 2.24) is 16.0 Å². The van der Waals surface area contributed by atoms with E-state index in [2.05, 4.69) is 5.32 Å². The van der Waals surface area contributed by atoms with Crippen molar-refractivity contribution in [3.05, 3.63) is 0 Å². The molecule has 8 heteroatoms. The Hall–Kier alpha value is -1.47. The summed E-state index contributed by atoms with van der Waals surface area (Å²) < 4.78 is 34.7. The summed E-state index contributed by atoms with van der Waals surface area (Å²) in [6, 6.07) is -0.632. The average Bonchev–Trinajstić information content (AvgIpc) is 2.09. The lowest BCUT2D eigenvalue weighted by molar-refractivity contribution is -0.137. The molecule has 14 heavy (non-hydrogen) atoms. The molecule has 0 radical (unpaired) electrons. The number of alkyl halides is 3. The number of halogens is 3. The number of rotatable bonds is 3. The van der Waals surface area contributed by atoms with Crippen molar-refractivity contribution in [3.8, 4) is 0 Å². The zero-order valence-corrected chi connectivity index (χ0v) is 7.36. The molecule has 0 aliphatic carbocycles. The van der Waals surface area contributed by atoms with Gasteiger partial charge >= 0.3 is 12.2 Å². The molecule has 0 spiro atoms. The van der Waals surface area contributed by atoms with Crippen LogP contribution in [0.2, 0.25) is 0 Å². The van der Waals surface area contributed by atoms with Crippen LogP contribution < -0.4 is 16.0 Å². The molecule has 0 aliphatic rings. The van der Waals surface area contributed by atoms with Gasteiger partial charge in [-0.25, -0.2) is 4.79 Å². The van der Waals surface area contributed by atoms with Gasteiger partial charge in [0.05, 0.1) is 6.54 Å². The lowest BCUT2D eigenvalue weighted by Gasteiger charge is -2.08. The van der Waals surface area contributed by atoms with Crippen LogP contribution in [0.25, 0.3) is 0 Å². The smallest absolute Gasteiger partial charge is 0.345 e. The number of hydrogen-bond donors (Lipinski definition) is 3. The third-order valence-electron chi connectivity index (χ3n) is 1.12. The van der Waals surface area contributed by atoms with Crippen molar-refractivity contribution < 1.29 is 22.8 Å². The van der Waals surface area contributed by atoms with Gasteiger partial charge in [0.1, 0.15) is 6.54 Å². The highest BCUT2D eigenvalue weighted by molar-refractivity contribution is 5.83. The molecule has 0 heterocycles. The molecule has 0 aromatic carbocycles. The Bertz CT molecular complexity index is 217. The van der Waals surface area contributed by atoms with Crippen molar-refractivity contribution in [2.75, 3.05) is 20.1 Å². The first-order chi connectivity index (χ1) is 6.35. The maximum Gasteiger partial charge on any atom is 0.405 e. The van der Waals surface area contributed by atoms with Gasteiger partial charge in [0, 0.05) is 7.05 Å². The molecule has 0 aromatic heterocycles. The van der Waals surface area contributed by atoms with Gasteiger partial charge in [-0.3, -0.25) is 4.79 Å². The molecule has 3 N–H and O–H groups in total. The SMILES string of the molecule is CNC(=O)NCC(=O)NCC(F)(F)F. The standard InChI is InChI=1S/C6H10F3N3O2/c1-10-5(14)11-2-4(13)12-3-6(7,8)9/h2-3H2,1H3,(H,12,13)(H2,10,11,14). The van der Waals surface area contributed by atoms with Gasteiger partial charge in [0.2, 0.25) is 5.91 Å². The van der Waals surface area contributed by atoms with Crippen molar-refractivity contribution >= 4 is 11.9 Å². The van der Waals surface area contributed by atoms with Gasteiger partial charge in [-0.1, -0.05) is 0 Å². The monoisotopic (exact) mass is 213 g/mol. The number of carbonyl (C=O) groups is 2. The Labute approximate surface area is 78.0 Å². The van der Waals surface area contributed by atoms with Gasteiger partial charge in [-0.05, 0) is 0 Å². The highest BCUT2D eigenvalue weighted by Gasteiger charge is 2.27. The molecule has 0 saturated heterocycles. The third kappa shape index (κ3) is 7.19. The second kappa shape index (κ2) is 5.30. The van der Waals surface area contributed by atoms with E-state index in [9.17, 15) is 22.8 Å². The van der Waals surface area contributed by atoms with E-state index in [1.54, 1.807) is 5.32 Å². The fourth-order valence-electron chi connectivity index (χ4n) is 0.510. The van der Waals surface area contributed by atoms with Crippen LogP contribution in [0.3, 0.4) is 0 Å². The molecule has 0 atom stereocenters. The minimum absolute atomic E-state index is 0.490. The number of carbonyl (C=O) groups excluding carboxylic acids is 2. The Kier molecular flexibility index (Phi) is 4.74. The summed E-state index contributed by atoms with van der Waals surface area (Å²) in [5.41, 5.74) is 0. The first-order valence-corrected chi connectivity index (χ1v) is 3.64. The molecule has 3 amide bonds. The molecule has 0 fully saturated rings. The highest BCUT2D eigenvalue weighted by Crippen LogP contribution is 2.11. The predicted octanol–water partition coefficient (Wildman–Crippen LogP) is -0.406. The van der Waals surface area contributed by atoms with Crippen LogP contribution in [-0.2, 0) is 4.79 Å². The number of urea groups is 1. The van der Waals surface area contributed by atoms with Crippen LogP contribution in [0, 0.1) is 0 Å². The van der Waals surface area contributed by atoms with Crippen LogP contribution in [0.4, 0.5) is 18.0 Å². The maximum absolute atomic E-state index is 11.6. The van der Waals surface area contributed by atoms with E-state index in [-0.39, 0.29) is 0 Å². The summed E-state index contributed by atoms with van der Waals surface area (Å²) in [6.07, 6.45) is -4.44. The van der Waals surface area contributed by atoms with Crippen LogP contribution in [-0.4, -0.2) is 38.3 Å². The Morgan fingerprint density at radius 3 is 2.21 bits per heavy atom. The largest absolute Gasteiger partial charge is 0.405 e. The van der Waals surface area contributed by atoms with E-state index in [0.29, 0.717) is 0 Å². The number of hydrogen-bond acceptors (Lipinski definition) is 2.